The summed E-state index contributed by atoms with van der Waals surface area (Å²) < 4.78 is 13.8. The predicted octanol–water partition coefficient (Wildman–Crippen LogP) is 3.44. The standard InChI is InChI=1S/C14H20FN/c1-9-5-6-12(15)10(7-9)13(16-4)11-8-14(11,2)3/h5-7,11,13,16H,8H2,1-4H3. The van der Waals surface area contributed by atoms with Gasteiger partial charge in [0, 0.05) is 11.6 Å². The van der Waals surface area contributed by atoms with Crippen molar-refractivity contribution in [1.82, 2.24) is 5.32 Å². The zero-order valence-corrected chi connectivity index (χ0v) is 10.5. The zero-order chi connectivity index (χ0) is 11.9. The van der Waals surface area contributed by atoms with E-state index >= 15 is 0 Å². The Labute approximate surface area is 97.1 Å². The Bertz CT molecular complexity index is 398. The minimum Gasteiger partial charge on any atom is -0.313 e. The molecule has 1 saturated carbocycles. The summed E-state index contributed by atoms with van der Waals surface area (Å²) >= 11 is 0. The Morgan fingerprint density at radius 3 is 2.56 bits per heavy atom. The van der Waals surface area contributed by atoms with Crippen molar-refractivity contribution in [2.45, 2.75) is 33.2 Å². The van der Waals surface area contributed by atoms with E-state index < -0.39 is 0 Å². The van der Waals surface area contributed by atoms with E-state index in [0.717, 1.165) is 11.1 Å². The van der Waals surface area contributed by atoms with Crippen LogP contribution < -0.4 is 5.32 Å². The number of aryl methyl sites for hydroxylation is 1. The number of rotatable bonds is 3. The third-order valence-electron chi connectivity index (χ3n) is 3.79. The van der Waals surface area contributed by atoms with Gasteiger partial charge in [0.15, 0.2) is 0 Å². The minimum absolute atomic E-state index is 0.0901. The van der Waals surface area contributed by atoms with Crippen molar-refractivity contribution in [2.24, 2.45) is 11.3 Å². The van der Waals surface area contributed by atoms with Crippen molar-refractivity contribution < 1.29 is 4.39 Å². The second-order valence-corrected chi connectivity index (χ2v) is 5.59. The van der Waals surface area contributed by atoms with Gasteiger partial charge in [-0.1, -0.05) is 31.5 Å². The van der Waals surface area contributed by atoms with Gasteiger partial charge in [-0.15, -0.1) is 0 Å². The van der Waals surface area contributed by atoms with Gasteiger partial charge in [0.05, 0.1) is 0 Å². The van der Waals surface area contributed by atoms with Crippen LogP contribution in [0.15, 0.2) is 18.2 Å². The fraction of sp³-hybridized carbons (Fsp3) is 0.571. The molecule has 2 unspecified atom stereocenters. The van der Waals surface area contributed by atoms with Crippen LogP contribution in [0, 0.1) is 24.1 Å². The Morgan fingerprint density at radius 1 is 1.44 bits per heavy atom. The summed E-state index contributed by atoms with van der Waals surface area (Å²) in [4.78, 5) is 0. The molecular weight excluding hydrogens is 201 g/mol. The largest absolute Gasteiger partial charge is 0.313 e. The molecule has 0 bridgehead atoms. The summed E-state index contributed by atoms with van der Waals surface area (Å²) in [5, 5.41) is 3.26. The number of halogens is 1. The molecule has 1 aromatic carbocycles. The summed E-state index contributed by atoms with van der Waals surface area (Å²) in [5.41, 5.74) is 2.29. The molecule has 88 valence electrons. The Hall–Kier alpha value is -0.890. The maximum absolute atomic E-state index is 13.8. The minimum atomic E-state index is -0.0901. The van der Waals surface area contributed by atoms with Crippen LogP contribution in [0.3, 0.4) is 0 Å². The van der Waals surface area contributed by atoms with Crippen LogP contribution in [0.1, 0.15) is 37.4 Å². The Kier molecular flexibility index (Phi) is 2.79. The van der Waals surface area contributed by atoms with Crippen LogP contribution in [-0.2, 0) is 0 Å². The molecule has 1 aliphatic carbocycles. The molecule has 0 spiro atoms. The highest BCUT2D eigenvalue weighted by molar-refractivity contribution is 5.29. The molecule has 16 heavy (non-hydrogen) atoms. The van der Waals surface area contributed by atoms with Crippen molar-refractivity contribution in [3.63, 3.8) is 0 Å². The van der Waals surface area contributed by atoms with Crippen LogP contribution in [-0.4, -0.2) is 7.05 Å². The molecule has 2 heteroatoms. The van der Waals surface area contributed by atoms with E-state index in [-0.39, 0.29) is 11.9 Å². The highest BCUT2D eigenvalue weighted by atomic mass is 19.1. The van der Waals surface area contributed by atoms with Crippen LogP contribution in [0.5, 0.6) is 0 Å². The van der Waals surface area contributed by atoms with Crippen LogP contribution >= 0.6 is 0 Å². The van der Waals surface area contributed by atoms with Crippen molar-refractivity contribution in [3.8, 4) is 0 Å². The third-order valence-corrected chi connectivity index (χ3v) is 3.79. The van der Waals surface area contributed by atoms with E-state index in [1.54, 1.807) is 6.07 Å². The lowest BCUT2D eigenvalue weighted by Gasteiger charge is -2.19. The van der Waals surface area contributed by atoms with Crippen molar-refractivity contribution in [2.75, 3.05) is 7.05 Å². The monoisotopic (exact) mass is 221 g/mol. The van der Waals surface area contributed by atoms with Crippen LogP contribution in [0.25, 0.3) is 0 Å². The molecule has 1 N–H and O–H groups in total. The average Bonchev–Trinajstić information content (AvgIpc) is 2.82. The van der Waals surface area contributed by atoms with E-state index in [1.165, 1.54) is 6.42 Å². The first-order chi connectivity index (χ1) is 7.45. The molecule has 2 rings (SSSR count). The van der Waals surface area contributed by atoms with Gasteiger partial charge in [-0.25, -0.2) is 4.39 Å². The maximum Gasteiger partial charge on any atom is 0.128 e. The molecule has 2 atom stereocenters. The molecule has 1 nitrogen and oxygen atoms in total. The lowest BCUT2D eigenvalue weighted by molar-refractivity contribution is 0.425. The molecule has 0 saturated heterocycles. The molecule has 1 fully saturated rings. The molecular formula is C14H20FN. The van der Waals surface area contributed by atoms with Gasteiger partial charge in [-0.2, -0.15) is 0 Å². The number of nitrogens with one attached hydrogen (secondary N) is 1. The topological polar surface area (TPSA) is 12.0 Å². The smallest absolute Gasteiger partial charge is 0.128 e. The second kappa shape index (κ2) is 3.85. The highest BCUT2D eigenvalue weighted by Gasteiger charge is 2.50. The Balaban J connectivity index is 2.30. The first-order valence-electron chi connectivity index (χ1n) is 5.89. The van der Waals surface area contributed by atoms with E-state index in [2.05, 4.69) is 19.2 Å². The van der Waals surface area contributed by atoms with Gasteiger partial charge in [0.1, 0.15) is 5.82 Å². The van der Waals surface area contributed by atoms with Crippen LogP contribution in [0.2, 0.25) is 0 Å². The maximum atomic E-state index is 13.8. The summed E-state index contributed by atoms with van der Waals surface area (Å²) in [5.74, 6) is 0.460. The molecule has 0 amide bonds. The lowest BCUT2D eigenvalue weighted by atomic mass is 9.95. The van der Waals surface area contributed by atoms with Crippen molar-refractivity contribution in [3.05, 3.63) is 35.1 Å². The Morgan fingerprint density at radius 2 is 2.06 bits per heavy atom. The molecule has 0 aliphatic heterocycles. The molecule has 0 radical (unpaired) electrons. The van der Waals surface area contributed by atoms with Gasteiger partial charge in [-0.05, 0) is 37.8 Å². The molecule has 1 aliphatic rings. The van der Waals surface area contributed by atoms with Crippen molar-refractivity contribution in [1.29, 1.82) is 0 Å². The summed E-state index contributed by atoms with van der Waals surface area (Å²) in [6, 6.07) is 5.51. The average molecular weight is 221 g/mol. The van der Waals surface area contributed by atoms with E-state index in [1.807, 2.05) is 26.1 Å². The highest BCUT2D eigenvalue weighted by Crippen LogP contribution is 2.57. The normalized spacial score (nSPS) is 24.2. The van der Waals surface area contributed by atoms with E-state index in [0.29, 0.717) is 11.3 Å². The number of benzene rings is 1. The van der Waals surface area contributed by atoms with Crippen molar-refractivity contribution >= 4 is 0 Å². The number of hydrogen-bond acceptors (Lipinski definition) is 1. The second-order valence-electron chi connectivity index (χ2n) is 5.59. The van der Waals surface area contributed by atoms with Gasteiger partial charge in [-0.3, -0.25) is 0 Å². The molecule has 0 aromatic heterocycles. The van der Waals surface area contributed by atoms with E-state index in [9.17, 15) is 4.39 Å². The number of hydrogen-bond donors (Lipinski definition) is 1. The van der Waals surface area contributed by atoms with Gasteiger partial charge < -0.3 is 5.32 Å². The molecule has 1 aromatic rings. The first kappa shape index (κ1) is 11.6. The summed E-state index contributed by atoms with van der Waals surface area (Å²) in [6.07, 6.45) is 1.17. The quantitative estimate of drug-likeness (QED) is 0.824. The van der Waals surface area contributed by atoms with E-state index in [4.69, 9.17) is 0 Å². The third kappa shape index (κ3) is 1.99. The predicted molar refractivity (Wildman–Crippen MR) is 64.8 cm³/mol. The summed E-state index contributed by atoms with van der Waals surface area (Å²) in [7, 11) is 1.92. The fourth-order valence-corrected chi connectivity index (χ4v) is 2.55. The van der Waals surface area contributed by atoms with Gasteiger partial charge in [0.2, 0.25) is 0 Å². The zero-order valence-electron chi connectivity index (χ0n) is 10.5. The lowest BCUT2D eigenvalue weighted by Crippen LogP contribution is -2.21. The fourth-order valence-electron chi connectivity index (χ4n) is 2.55. The SMILES string of the molecule is CNC(c1cc(C)ccc1F)C1CC1(C)C. The first-order valence-corrected chi connectivity index (χ1v) is 5.89. The van der Waals surface area contributed by atoms with Crippen LogP contribution in [0.4, 0.5) is 4.39 Å². The van der Waals surface area contributed by atoms with Gasteiger partial charge >= 0.3 is 0 Å². The summed E-state index contributed by atoms with van der Waals surface area (Å²) in [6.45, 7) is 6.50. The van der Waals surface area contributed by atoms with Gasteiger partial charge in [0.25, 0.3) is 0 Å². The molecule has 0 heterocycles.